The van der Waals surface area contributed by atoms with Crippen molar-refractivity contribution in [1.29, 1.82) is 0 Å². The van der Waals surface area contributed by atoms with Gasteiger partial charge in [-0.1, -0.05) is 6.07 Å². The third kappa shape index (κ3) is 3.34. The summed E-state index contributed by atoms with van der Waals surface area (Å²) in [5.41, 5.74) is 0. The Labute approximate surface area is 80.9 Å². The van der Waals surface area contributed by atoms with Crippen molar-refractivity contribution in [1.82, 2.24) is 0 Å². The fraction of sp³-hybridized carbons (Fsp3) is 0.222. The van der Waals surface area contributed by atoms with Crippen LogP contribution in [-0.2, 0) is 4.79 Å². The van der Waals surface area contributed by atoms with Crippen LogP contribution in [0.3, 0.4) is 0 Å². The van der Waals surface area contributed by atoms with Gasteiger partial charge in [0.05, 0.1) is 6.42 Å². The number of benzene rings is 1. The predicted octanol–water partition coefficient (Wildman–Crippen LogP) is 1.93. The number of esters is 1. The van der Waals surface area contributed by atoms with Gasteiger partial charge in [0.1, 0.15) is 11.5 Å². The van der Waals surface area contributed by atoms with E-state index in [-0.39, 0.29) is 18.1 Å². The van der Waals surface area contributed by atoms with Crippen molar-refractivity contribution >= 4 is 17.6 Å². The molecule has 3 nitrogen and oxygen atoms in total. The molecule has 13 heavy (non-hydrogen) atoms. The van der Waals surface area contributed by atoms with Crippen molar-refractivity contribution in [2.75, 3.05) is 5.88 Å². The smallest absolute Gasteiger partial charge is 0.312 e. The Morgan fingerprint density at radius 1 is 1.54 bits per heavy atom. The topological polar surface area (TPSA) is 46.5 Å². The summed E-state index contributed by atoms with van der Waals surface area (Å²) in [4.78, 5) is 10.9. The van der Waals surface area contributed by atoms with Crippen molar-refractivity contribution in [2.24, 2.45) is 0 Å². The first-order valence-electron chi connectivity index (χ1n) is 3.78. The summed E-state index contributed by atoms with van der Waals surface area (Å²) < 4.78 is 4.85. The molecule has 0 aliphatic carbocycles. The maximum atomic E-state index is 10.9. The van der Waals surface area contributed by atoms with Gasteiger partial charge in [0.15, 0.2) is 0 Å². The average molecular weight is 201 g/mol. The SMILES string of the molecule is O=C(CCCl)Oc1cccc(O)c1. The van der Waals surface area contributed by atoms with E-state index >= 15 is 0 Å². The van der Waals surface area contributed by atoms with Gasteiger partial charge in [0.25, 0.3) is 0 Å². The minimum Gasteiger partial charge on any atom is -0.508 e. The number of carbonyl (C=O) groups is 1. The quantitative estimate of drug-likeness (QED) is 0.461. The van der Waals surface area contributed by atoms with E-state index < -0.39 is 5.97 Å². The second-order valence-corrected chi connectivity index (χ2v) is 2.79. The van der Waals surface area contributed by atoms with Gasteiger partial charge < -0.3 is 9.84 Å². The number of phenols is 1. The molecule has 0 saturated carbocycles. The molecule has 0 aromatic heterocycles. The van der Waals surface area contributed by atoms with Crippen LogP contribution in [0.2, 0.25) is 0 Å². The van der Waals surface area contributed by atoms with Gasteiger partial charge in [0.2, 0.25) is 0 Å². The fourth-order valence-electron chi connectivity index (χ4n) is 0.807. The lowest BCUT2D eigenvalue weighted by Gasteiger charge is -2.02. The van der Waals surface area contributed by atoms with Crippen LogP contribution in [0.4, 0.5) is 0 Å². The molecule has 4 heteroatoms. The van der Waals surface area contributed by atoms with E-state index in [1.54, 1.807) is 12.1 Å². The minimum atomic E-state index is -0.402. The second kappa shape index (κ2) is 4.72. The van der Waals surface area contributed by atoms with Crippen molar-refractivity contribution in [2.45, 2.75) is 6.42 Å². The zero-order chi connectivity index (χ0) is 9.68. The van der Waals surface area contributed by atoms with Gasteiger partial charge in [-0.3, -0.25) is 4.79 Å². The van der Waals surface area contributed by atoms with Crippen LogP contribution < -0.4 is 4.74 Å². The Kier molecular flexibility index (Phi) is 3.58. The number of alkyl halides is 1. The molecular formula is C9H9ClO3. The number of aromatic hydroxyl groups is 1. The summed E-state index contributed by atoms with van der Waals surface area (Å²) in [6.45, 7) is 0. The largest absolute Gasteiger partial charge is 0.508 e. The highest BCUT2D eigenvalue weighted by atomic mass is 35.5. The van der Waals surface area contributed by atoms with Gasteiger partial charge >= 0.3 is 5.97 Å². The molecule has 0 bridgehead atoms. The van der Waals surface area contributed by atoms with Crippen molar-refractivity contribution in [3.05, 3.63) is 24.3 Å². The van der Waals surface area contributed by atoms with E-state index in [1.807, 2.05) is 0 Å². The van der Waals surface area contributed by atoms with Crippen molar-refractivity contribution < 1.29 is 14.6 Å². The monoisotopic (exact) mass is 200 g/mol. The summed E-state index contributed by atoms with van der Waals surface area (Å²) in [6, 6.07) is 6.05. The highest BCUT2D eigenvalue weighted by Crippen LogP contribution is 2.17. The van der Waals surface area contributed by atoms with Crippen LogP contribution in [0.5, 0.6) is 11.5 Å². The average Bonchev–Trinajstić information content (AvgIpc) is 2.04. The Bertz CT molecular complexity index is 299. The van der Waals surface area contributed by atoms with Crippen molar-refractivity contribution in [3.63, 3.8) is 0 Å². The maximum Gasteiger partial charge on any atom is 0.312 e. The third-order valence-electron chi connectivity index (χ3n) is 1.35. The molecule has 0 aliphatic rings. The molecule has 0 amide bonds. The summed E-state index contributed by atoms with van der Waals surface area (Å²) >= 11 is 5.34. The molecule has 1 aromatic carbocycles. The van der Waals surface area contributed by atoms with Gasteiger partial charge in [-0.2, -0.15) is 0 Å². The zero-order valence-electron chi connectivity index (χ0n) is 6.87. The van der Waals surface area contributed by atoms with Crippen LogP contribution in [0.25, 0.3) is 0 Å². The second-order valence-electron chi connectivity index (χ2n) is 2.41. The van der Waals surface area contributed by atoms with Crippen molar-refractivity contribution in [3.8, 4) is 11.5 Å². The summed E-state index contributed by atoms with van der Waals surface area (Å²) in [5.74, 6) is 0.226. The lowest BCUT2D eigenvalue weighted by molar-refractivity contribution is -0.133. The minimum absolute atomic E-state index is 0.0659. The number of rotatable bonds is 3. The van der Waals surface area contributed by atoms with Gasteiger partial charge in [-0.15, -0.1) is 11.6 Å². The van der Waals surface area contributed by atoms with Crippen LogP contribution in [0, 0.1) is 0 Å². The van der Waals surface area contributed by atoms with E-state index in [0.717, 1.165) is 0 Å². The van der Waals surface area contributed by atoms with Gasteiger partial charge in [-0.05, 0) is 12.1 Å². The van der Waals surface area contributed by atoms with E-state index in [1.165, 1.54) is 12.1 Å². The molecule has 0 aliphatic heterocycles. The third-order valence-corrected chi connectivity index (χ3v) is 1.54. The van der Waals surface area contributed by atoms with E-state index in [0.29, 0.717) is 5.75 Å². The standard InChI is InChI=1S/C9H9ClO3/c10-5-4-9(12)13-8-3-1-2-7(11)6-8/h1-3,6,11H,4-5H2. The lowest BCUT2D eigenvalue weighted by atomic mass is 10.3. The van der Waals surface area contributed by atoms with Gasteiger partial charge in [0, 0.05) is 11.9 Å². The highest BCUT2D eigenvalue weighted by Gasteiger charge is 2.03. The molecule has 0 unspecified atom stereocenters. The molecule has 0 saturated heterocycles. The normalized spacial score (nSPS) is 9.62. The Balaban J connectivity index is 2.58. The zero-order valence-corrected chi connectivity index (χ0v) is 7.62. The molecule has 0 heterocycles. The maximum absolute atomic E-state index is 10.9. The Hall–Kier alpha value is -1.22. The van der Waals surface area contributed by atoms with E-state index in [2.05, 4.69) is 0 Å². The Morgan fingerprint density at radius 3 is 2.92 bits per heavy atom. The van der Waals surface area contributed by atoms with Gasteiger partial charge in [-0.25, -0.2) is 0 Å². The first kappa shape index (κ1) is 9.86. The number of halogens is 1. The number of ether oxygens (including phenoxy) is 1. The van der Waals surface area contributed by atoms with Crippen LogP contribution in [0.15, 0.2) is 24.3 Å². The first-order valence-corrected chi connectivity index (χ1v) is 4.31. The highest BCUT2D eigenvalue weighted by molar-refractivity contribution is 6.18. The fourth-order valence-corrected chi connectivity index (χ4v) is 0.961. The first-order chi connectivity index (χ1) is 6.22. The number of carbonyl (C=O) groups excluding carboxylic acids is 1. The van der Waals surface area contributed by atoms with E-state index in [9.17, 15) is 4.79 Å². The Morgan fingerprint density at radius 2 is 2.31 bits per heavy atom. The van der Waals surface area contributed by atoms with Crippen LogP contribution in [-0.4, -0.2) is 17.0 Å². The molecule has 1 N–H and O–H groups in total. The molecular weight excluding hydrogens is 192 g/mol. The van der Waals surface area contributed by atoms with Crippen LogP contribution in [0.1, 0.15) is 6.42 Å². The number of hydrogen-bond acceptors (Lipinski definition) is 3. The molecule has 0 atom stereocenters. The molecule has 70 valence electrons. The number of phenolic OH excluding ortho intramolecular Hbond substituents is 1. The number of hydrogen-bond donors (Lipinski definition) is 1. The summed E-state index contributed by atoms with van der Waals surface area (Å²) in [5, 5.41) is 9.04. The molecule has 1 aromatic rings. The molecule has 0 radical (unpaired) electrons. The summed E-state index contributed by atoms with van der Waals surface area (Å²) in [6.07, 6.45) is 0.164. The van der Waals surface area contributed by atoms with E-state index in [4.69, 9.17) is 21.4 Å². The predicted molar refractivity (Wildman–Crippen MR) is 49.1 cm³/mol. The summed E-state index contributed by atoms with van der Waals surface area (Å²) in [7, 11) is 0. The molecule has 1 rings (SSSR count). The molecule has 0 spiro atoms. The lowest BCUT2D eigenvalue weighted by Crippen LogP contribution is -2.07. The van der Waals surface area contributed by atoms with Crippen LogP contribution >= 0.6 is 11.6 Å². The molecule has 0 fully saturated rings.